The topological polar surface area (TPSA) is 220 Å². The predicted octanol–water partition coefficient (Wildman–Crippen LogP) is -3.21. The highest BCUT2D eigenvalue weighted by Crippen LogP contribution is 2.49. The molecular weight excluding hydrogens is 590 g/mol. The smallest absolute Gasteiger partial charge is 0.333 e. The molecule has 7 atom stereocenters. The van der Waals surface area contributed by atoms with Gasteiger partial charge in [-0.2, -0.15) is 0 Å². The highest BCUT2D eigenvalue weighted by Gasteiger charge is 2.73. The first-order valence-corrected chi connectivity index (χ1v) is 16.0. The Balaban J connectivity index is 1.22. The summed E-state index contributed by atoms with van der Waals surface area (Å²) < 4.78 is 63.7. The highest BCUT2D eigenvalue weighted by molar-refractivity contribution is 7.94. The Morgan fingerprint density at radius 1 is 0.902 bits per heavy atom. The molecule has 0 aromatic heterocycles. The maximum Gasteiger partial charge on any atom is 0.333 e. The summed E-state index contributed by atoms with van der Waals surface area (Å²) in [6, 6.07) is -3.86. The Hall–Kier alpha value is -2.83. The van der Waals surface area contributed by atoms with Crippen molar-refractivity contribution in [3.63, 3.8) is 0 Å². The molecule has 0 aromatic carbocycles. The Morgan fingerprint density at radius 3 is 2.00 bits per heavy atom. The summed E-state index contributed by atoms with van der Waals surface area (Å²) in [5.74, 6) is -5.60. The molecule has 0 bridgehead atoms. The lowest BCUT2D eigenvalue weighted by Gasteiger charge is -2.42. The Bertz CT molecular complexity index is 1440. The summed E-state index contributed by atoms with van der Waals surface area (Å²) in [6.07, 6.45) is -0.871. The number of hydrogen-bond donors (Lipinski definition) is 2. The normalized spacial score (nSPS) is 37.0. The molecule has 41 heavy (non-hydrogen) atoms. The van der Waals surface area contributed by atoms with Crippen molar-refractivity contribution in [2.24, 2.45) is 5.92 Å². The van der Waals surface area contributed by atoms with E-state index in [-0.39, 0.29) is 19.4 Å². The molecule has 228 valence electrons. The molecule has 5 fully saturated rings. The van der Waals surface area contributed by atoms with Crippen molar-refractivity contribution in [3.05, 3.63) is 0 Å². The number of carbonyl (C=O) groups is 5. The molecule has 0 radical (unpaired) electrons. The van der Waals surface area contributed by atoms with Crippen molar-refractivity contribution in [3.8, 4) is 0 Å². The predicted molar refractivity (Wildman–Crippen MR) is 133 cm³/mol. The summed E-state index contributed by atoms with van der Waals surface area (Å²) in [5, 5.41) is 9.71. The standard InChI is InChI=1S/C23H31N3O13S2/c1-22(2)15(25-13(28)6-14(25)40(22,33)34)20(31)38-9-39-21(32)16-23(3,4)41(35,36)18-11(17(29)26(16)18)8-37-19(30)12-5-10(27)7-24-12/h10-12,14-16,18,24,27H,5-9H2,1-4H3/t10?,11-,12+,14-,15+,16+,18-/m1/s1. The molecule has 16 nitrogen and oxygen atoms in total. The third kappa shape index (κ3) is 4.00. The molecular formula is C23H31N3O13S2. The van der Waals surface area contributed by atoms with Crippen LogP contribution in [0.25, 0.3) is 0 Å². The van der Waals surface area contributed by atoms with E-state index in [2.05, 4.69) is 5.32 Å². The number of ether oxygens (including phenoxy) is 3. The van der Waals surface area contributed by atoms with Gasteiger partial charge in [0.25, 0.3) is 0 Å². The van der Waals surface area contributed by atoms with Gasteiger partial charge in [-0.15, -0.1) is 0 Å². The molecule has 0 saturated carbocycles. The largest absolute Gasteiger partial charge is 0.464 e. The average Bonchev–Trinajstić information content (AvgIpc) is 3.40. The number of sulfone groups is 2. The van der Waals surface area contributed by atoms with E-state index in [1.807, 2.05) is 0 Å². The van der Waals surface area contributed by atoms with E-state index in [0.29, 0.717) is 0 Å². The molecule has 2 N–H and O–H groups in total. The van der Waals surface area contributed by atoms with Crippen LogP contribution in [0.2, 0.25) is 0 Å². The molecule has 0 spiro atoms. The number of nitrogens with zero attached hydrogens (tertiary/aromatic N) is 2. The van der Waals surface area contributed by atoms with Crippen LogP contribution in [0, 0.1) is 5.92 Å². The quantitative estimate of drug-likeness (QED) is 0.162. The van der Waals surface area contributed by atoms with Gasteiger partial charge in [-0.25, -0.2) is 26.4 Å². The van der Waals surface area contributed by atoms with Crippen LogP contribution in [0.15, 0.2) is 0 Å². The van der Waals surface area contributed by atoms with E-state index in [4.69, 9.17) is 14.2 Å². The van der Waals surface area contributed by atoms with Crippen molar-refractivity contribution >= 4 is 49.4 Å². The molecule has 0 aliphatic carbocycles. The van der Waals surface area contributed by atoms with Gasteiger partial charge in [-0.3, -0.25) is 14.4 Å². The van der Waals surface area contributed by atoms with E-state index in [1.54, 1.807) is 0 Å². The summed E-state index contributed by atoms with van der Waals surface area (Å²) in [4.78, 5) is 64.8. The van der Waals surface area contributed by atoms with E-state index >= 15 is 0 Å². The number of aliphatic hydroxyl groups is 1. The van der Waals surface area contributed by atoms with Gasteiger partial charge < -0.3 is 34.4 Å². The van der Waals surface area contributed by atoms with Crippen molar-refractivity contribution in [1.29, 1.82) is 0 Å². The maximum atomic E-state index is 13.3. The third-order valence-electron chi connectivity index (χ3n) is 8.80. The second-order valence-electron chi connectivity index (χ2n) is 11.8. The molecule has 1 unspecified atom stereocenters. The van der Waals surface area contributed by atoms with Crippen molar-refractivity contribution in [2.75, 3.05) is 19.9 Å². The number of rotatable bonds is 7. The van der Waals surface area contributed by atoms with Crippen molar-refractivity contribution in [1.82, 2.24) is 15.1 Å². The Labute approximate surface area is 235 Å². The van der Waals surface area contributed by atoms with Gasteiger partial charge in [-0.1, -0.05) is 0 Å². The number of nitrogens with one attached hydrogen (secondary N) is 1. The number of amides is 2. The van der Waals surface area contributed by atoms with Crippen LogP contribution in [-0.2, 0) is 57.9 Å². The third-order valence-corrected chi connectivity index (χ3v) is 14.5. The summed E-state index contributed by atoms with van der Waals surface area (Å²) in [6.45, 7) is 3.67. The van der Waals surface area contributed by atoms with Crippen molar-refractivity contribution < 1.29 is 60.1 Å². The highest BCUT2D eigenvalue weighted by atomic mass is 32.2. The zero-order chi connectivity index (χ0) is 30.4. The zero-order valence-electron chi connectivity index (χ0n) is 22.6. The van der Waals surface area contributed by atoms with E-state index < -0.39 is 113 Å². The lowest BCUT2D eigenvalue weighted by atomic mass is 9.92. The number of fused-ring (bicyclic) bond motifs is 2. The van der Waals surface area contributed by atoms with Crippen LogP contribution < -0.4 is 5.32 Å². The van der Waals surface area contributed by atoms with E-state index in [1.165, 1.54) is 27.7 Å². The Morgan fingerprint density at radius 2 is 1.46 bits per heavy atom. The summed E-state index contributed by atoms with van der Waals surface area (Å²) >= 11 is 0. The number of hydrogen-bond acceptors (Lipinski definition) is 14. The molecule has 2 amide bonds. The number of esters is 3. The molecule has 5 aliphatic rings. The van der Waals surface area contributed by atoms with Gasteiger partial charge in [0.05, 0.1) is 22.0 Å². The van der Waals surface area contributed by atoms with Gasteiger partial charge >= 0.3 is 17.9 Å². The van der Waals surface area contributed by atoms with Gasteiger partial charge in [0.1, 0.15) is 36.0 Å². The minimum absolute atomic E-state index is 0.111. The number of β-amino-alcohol motifs (C(OH)–C–C–N with tert-alkyl or cyclic N) is 1. The lowest BCUT2D eigenvalue weighted by Crippen LogP contribution is -2.65. The minimum atomic E-state index is -4.17. The van der Waals surface area contributed by atoms with E-state index in [0.717, 1.165) is 9.80 Å². The second-order valence-corrected chi connectivity index (χ2v) is 17.1. The minimum Gasteiger partial charge on any atom is -0.464 e. The summed E-state index contributed by atoms with van der Waals surface area (Å²) in [5.41, 5.74) is 0. The molecule has 0 aromatic rings. The first-order valence-electron chi connectivity index (χ1n) is 12.9. The fourth-order valence-corrected chi connectivity index (χ4v) is 10.6. The van der Waals surface area contributed by atoms with Gasteiger partial charge in [0, 0.05) is 13.0 Å². The van der Waals surface area contributed by atoms with Gasteiger partial charge in [-0.05, 0) is 27.7 Å². The fraction of sp³-hybridized carbons (Fsp3) is 0.783. The fourth-order valence-electron chi connectivity index (χ4n) is 6.23. The van der Waals surface area contributed by atoms with Crippen molar-refractivity contribution in [2.45, 2.75) is 85.0 Å². The lowest BCUT2D eigenvalue weighted by molar-refractivity contribution is -0.183. The zero-order valence-corrected chi connectivity index (χ0v) is 24.3. The maximum absolute atomic E-state index is 13.3. The second kappa shape index (κ2) is 9.34. The molecule has 5 rings (SSSR count). The molecule has 5 aliphatic heterocycles. The van der Waals surface area contributed by atoms with Crippen LogP contribution >= 0.6 is 0 Å². The first kappa shape index (κ1) is 29.7. The van der Waals surface area contributed by atoms with Gasteiger partial charge in [0.2, 0.25) is 18.6 Å². The van der Waals surface area contributed by atoms with Crippen LogP contribution in [0.4, 0.5) is 0 Å². The average molecular weight is 622 g/mol. The SMILES string of the molecule is CC1(C)[C@H](C(=O)OCOC(=O)[C@@H]2N3C(=O)[C@@H](COC(=O)[C@@H]4CC(O)CN4)[C@H]3S(=O)(=O)C2(C)C)N2C(=O)C[C@H]2S1(=O)=O. The van der Waals surface area contributed by atoms with E-state index in [9.17, 15) is 45.9 Å². The number of carbonyl (C=O) groups excluding carboxylic acids is 5. The Kier molecular flexibility index (Phi) is 6.75. The summed E-state index contributed by atoms with van der Waals surface area (Å²) in [7, 11) is -8.04. The monoisotopic (exact) mass is 621 g/mol. The van der Waals surface area contributed by atoms with Crippen LogP contribution in [0.5, 0.6) is 0 Å². The number of β-lactam (4-membered cyclic amide) rings is 2. The molecule has 18 heteroatoms. The van der Waals surface area contributed by atoms with Crippen LogP contribution in [0.3, 0.4) is 0 Å². The number of aliphatic hydroxyl groups excluding tert-OH is 1. The first-order chi connectivity index (χ1) is 18.9. The molecule has 5 heterocycles. The van der Waals surface area contributed by atoms with Gasteiger partial charge in [0.15, 0.2) is 25.0 Å². The van der Waals surface area contributed by atoms with Crippen LogP contribution in [-0.4, -0.2) is 126 Å². The molecule has 5 saturated heterocycles. The van der Waals surface area contributed by atoms with Crippen LogP contribution in [0.1, 0.15) is 40.5 Å².